The van der Waals surface area contributed by atoms with Gasteiger partial charge >= 0.3 is 11.9 Å². The first-order valence-corrected chi connectivity index (χ1v) is 17.8. The molecule has 6 N–H and O–H groups in total. The van der Waals surface area contributed by atoms with E-state index in [0.29, 0.717) is 35.1 Å². The van der Waals surface area contributed by atoms with Gasteiger partial charge in [0.05, 0.1) is 0 Å². The van der Waals surface area contributed by atoms with Crippen LogP contribution in [0.3, 0.4) is 0 Å². The molecule has 8 nitrogen and oxygen atoms in total. The Morgan fingerprint density at radius 3 is 1.42 bits per heavy atom. The van der Waals surface area contributed by atoms with E-state index in [0.717, 1.165) is 62.5 Å². The Morgan fingerprint density at radius 1 is 0.680 bits per heavy atom. The molecular weight excluding hydrogens is 632 g/mol. The highest BCUT2D eigenvalue weighted by atomic mass is 16.4. The van der Waals surface area contributed by atoms with Gasteiger partial charge in [-0.3, -0.25) is 0 Å². The first-order chi connectivity index (χ1) is 23.5. The van der Waals surface area contributed by atoms with Crippen LogP contribution in [0.4, 0.5) is 0 Å². The van der Waals surface area contributed by atoms with Crippen molar-refractivity contribution >= 4 is 11.9 Å². The number of carboxylic acids is 2. The van der Waals surface area contributed by atoms with E-state index in [-0.39, 0.29) is 57.8 Å². The summed E-state index contributed by atoms with van der Waals surface area (Å²) in [5, 5.41) is 61.9. The number of unbranched alkanes of at least 4 members (excludes halogenated alkanes) is 2. The largest absolute Gasteiger partial charge is 0.507 e. The van der Waals surface area contributed by atoms with Gasteiger partial charge in [0.15, 0.2) is 0 Å². The molecule has 0 fully saturated rings. The fourth-order valence-electron chi connectivity index (χ4n) is 7.62. The molecule has 2 aromatic carbocycles. The average Bonchev–Trinajstić information content (AvgIpc) is 3.01. The van der Waals surface area contributed by atoms with Crippen molar-refractivity contribution < 1.29 is 40.2 Å². The van der Waals surface area contributed by atoms with Gasteiger partial charge in [-0.05, 0) is 108 Å². The summed E-state index contributed by atoms with van der Waals surface area (Å²) in [5.74, 6) is -3.37. The Morgan fingerprint density at radius 2 is 1.08 bits per heavy atom. The molecule has 0 aromatic heterocycles. The molecule has 2 aliphatic rings. The van der Waals surface area contributed by atoms with E-state index < -0.39 is 11.9 Å². The normalized spacial score (nSPS) is 20.2. The van der Waals surface area contributed by atoms with Crippen molar-refractivity contribution in [1.29, 1.82) is 0 Å². The summed E-state index contributed by atoms with van der Waals surface area (Å²) >= 11 is 0. The molecule has 0 radical (unpaired) electrons. The van der Waals surface area contributed by atoms with E-state index >= 15 is 0 Å². The van der Waals surface area contributed by atoms with Crippen LogP contribution in [0.1, 0.15) is 148 Å². The van der Waals surface area contributed by atoms with Gasteiger partial charge in [0.25, 0.3) is 0 Å². The summed E-state index contributed by atoms with van der Waals surface area (Å²) in [4.78, 5) is 23.5. The predicted octanol–water partition coefficient (Wildman–Crippen LogP) is 10.3. The highest BCUT2D eigenvalue weighted by Crippen LogP contribution is 2.49. The lowest BCUT2D eigenvalue weighted by Crippen LogP contribution is -2.18. The second-order valence-electron chi connectivity index (χ2n) is 14.3. The van der Waals surface area contributed by atoms with E-state index in [1.807, 2.05) is 46.8 Å². The summed E-state index contributed by atoms with van der Waals surface area (Å²) in [5.41, 5.74) is 5.69. The van der Waals surface area contributed by atoms with Crippen molar-refractivity contribution in [2.45, 2.75) is 118 Å². The van der Waals surface area contributed by atoms with E-state index in [9.17, 15) is 40.2 Å². The summed E-state index contributed by atoms with van der Waals surface area (Å²) in [6, 6.07) is 3.02. The minimum Gasteiger partial charge on any atom is -0.507 e. The third-order valence-electron chi connectivity index (χ3n) is 10.2. The van der Waals surface area contributed by atoms with E-state index in [1.165, 1.54) is 23.3 Å². The molecule has 0 heterocycles. The molecule has 0 bridgehead atoms. The van der Waals surface area contributed by atoms with Crippen LogP contribution in [0.25, 0.3) is 0 Å². The molecule has 0 unspecified atom stereocenters. The topological polar surface area (TPSA) is 156 Å². The van der Waals surface area contributed by atoms with Crippen LogP contribution in [0.5, 0.6) is 23.0 Å². The minimum absolute atomic E-state index is 0.0267. The first-order valence-electron chi connectivity index (χ1n) is 17.8. The van der Waals surface area contributed by atoms with Gasteiger partial charge in [-0.1, -0.05) is 80.7 Å². The Balaban J connectivity index is 0.000000271. The molecule has 8 heteroatoms. The van der Waals surface area contributed by atoms with E-state index in [4.69, 9.17) is 0 Å². The van der Waals surface area contributed by atoms with Crippen molar-refractivity contribution in [2.24, 2.45) is 11.8 Å². The lowest BCUT2D eigenvalue weighted by molar-refractivity contribution is 0.0680. The molecule has 2 aromatic rings. The number of hydrogen-bond acceptors (Lipinski definition) is 6. The number of rotatable bonds is 12. The highest BCUT2D eigenvalue weighted by molar-refractivity contribution is 5.94. The van der Waals surface area contributed by atoms with Gasteiger partial charge in [0.1, 0.15) is 34.1 Å². The van der Waals surface area contributed by atoms with Crippen LogP contribution < -0.4 is 0 Å². The molecular formula is C42H56O8. The third-order valence-corrected chi connectivity index (χ3v) is 10.2. The van der Waals surface area contributed by atoms with Crippen LogP contribution in [-0.4, -0.2) is 42.6 Å². The quantitative estimate of drug-likeness (QED) is 0.0950. The fourth-order valence-corrected chi connectivity index (χ4v) is 7.62. The summed E-state index contributed by atoms with van der Waals surface area (Å²) in [6.07, 6.45) is 12.3. The summed E-state index contributed by atoms with van der Waals surface area (Å²) < 4.78 is 0. The van der Waals surface area contributed by atoms with Crippen molar-refractivity contribution in [1.82, 2.24) is 0 Å². The third kappa shape index (κ3) is 9.01. The molecule has 272 valence electrons. The second-order valence-corrected chi connectivity index (χ2v) is 14.3. The van der Waals surface area contributed by atoms with Crippen LogP contribution in [0.2, 0.25) is 0 Å². The molecule has 2 aliphatic carbocycles. The number of carbonyl (C=O) groups is 2. The van der Waals surface area contributed by atoms with Crippen LogP contribution >= 0.6 is 0 Å². The molecule has 4 atom stereocenters. The van der Waals surface area contributed by atoms with Crippen molar-refractivity contribution in [3.63, 3.8) is 0 Å². The Labute approximate surface area is 297 Å². The molecule has 0 saturated carbocycles. The standard InChI is InChI=1S/C22H30O4.C20H26O4/c1-5-6-7-8-15-12-18(23)20(21(24)19(15)22(25)26)17-11-14(4)9-10-16(17)13(2)3;1-5-6-13-10-16(21)18(19(22)17(13)20(23)24)15-9-12(4)7-8-14(15)11(2)3/h11-12,16-17,23-24H,2,5-10H2,1,3-4H3,(H,25,26);9-10,14-15,21-22H,2,5-8H2,1,3-4H3,(H,23,24)/t16-,17+;14-,15+/m00/s1. The monoisotopic (exact) mass is 688 g/mol. The zero-order valence-electron chi connectivity index (χ0n) is 30.6. The van der Waals surface area contributed by atoms with Crippen molar-refractivity contribution in [2.75, 3.05) is 0 Å². The van der Waals surface area contributed by atoms with Gasteiger partial charge in [-0.2, -0.15) is 0 Å². The number of aromatic carboxylic acids is 2. The first kappa shape index (κ1) is 40.0. The number of benzene rings is 2. The van der Waals surface area contributed by atoms with Gasteiger partial charge in [-0.25, -0.2) is 9.59 Å². The number of carboxylic acid groups (broad SMARTS) is 2. The van der Waals surface area contributed by atoms with Gasteiger partial charge in [-0.15, -0.1) is 0 Å². The zero-order valence-corrected chi connectivity index (χ0v) is 30.6. The van der Waals surface area contributed by atoms with Gasteiger partial charge in [0, 0.05) is 23.0 Å². The van der Waals surface area contributed by atoms with Crippen LogP contribution in [0, 0.1) is 11.8 Å². The second kappa shape index (κ2) is 17.5. The predicted molar refractivity (Wildman–Crippen MR) is 199 cm³/mol. The molecule has 0 aliphatic heterocycles. The lowest BCUT2D eigenvalue weighted by Gasteiger charge is -2.32. The van der Waals surface area contributed by atoms with Crippen molar-refractivity contribution in [3.8, 4) is 23.0 Å². The zero-order chi connectivity index (χ0) is 37.4. The number of aryl methyl sites for hydroxylation is 2. The number of allylic oxidation sites excluding steroid dienone is 6. The lowest BCUT2D eigenvalue weighted by atomic mass is 9.73. The number of aromatic hydroxyl groups is 4. The SMILES string of the molecule is C=C(C)[C@@H]1CCC(C)=C[C@H]1c1c(O)cc(CCC)c(C(=O)O)c1O.C=C(C)[C@@H]1CCC(C)=C[C@H]1c1c(O)cc(CCCCC)c(C(=O)O)c1O. The smallest absolute Gasteiger partial charge is 0.339 e. The molecule has 0 amide bonds. The van der Waals surface area contributed by atoms with E-state index in [2.05, 4.69) is 20.1 Å². The van der Waals surface area contributed by atoms with Crippen molar-refractivity contribution in [3.05, 3.63) is 93.1 Å². The number of phenols is 4. The Hall–Kier alpha value is -4.46. The van der Waals surface area contributed by atoms with Crippen LogP contribution in [0.15, 0.2) is 59.7 Å². The highest BCUT2D eigenvalue weighted by Gasteiger charge is 2.34. The fraction of sp³-hybridized carbons (Fsp3) is 0.476. The van der Waals surface area contributed by atoms with Gasteiger partial charge < -0.3 is 30.6 Å². The maximum absolute atomic E-state index is 11.8. The summed E-state index contributed by atoms with van der Waals surface area (Å²) in [7, 11) is 0. The minimum atomic E-state index is -1.17. The Bertz CT molecular complexity index is 1680. The number of hydrogen-bond donors (Lipinski definition) is 6. The maximum Gasteiger partial charge on any atom is 0.339 e. The van der Waals surface area contributed by atoms with E-state index in [1.54, 1.807) is 0 Å². The molecule has 0 spiro atoms. The molecule has 50 heavy (non-hydrogen) atoms. The van der Waals surface area contributed by atoms with Gasteiger partial charge in [0.2, 0.25) is 0 Å². The molecule has 0 saturated heterocycles. The maximum atomic E-state index is 11.8. The molecule has 4 rings (SSSR count). The Kier molecular flexibility index (Phi) is 14.0. The average molecular weight is 689 g/mol. The summed E-state index contributed by atoms with van der Waals surface area (Å²) in [6.45, 7) is 20.0. The van der Waals surface area contributed by atoms with Crippen LogP contribution in [-0.2, 0) is 12.8 Å². The number of phenolic OH excluding ortho intramolecular Hbond substituents is 2.